The van der Waals surface area contributed by atoms with Crippen molar-refractivity contribution < 1.29 is 24.1 Å². The maximum atomic E-state index is 12.1. The average Bonchev–Trinajstić information content (AvgIpc) is 3.19. The van der Waals surface area contributed by atoms with Crippen molar-refractivity contribution in [3.05, 3.63) is 56.6 Å². The maximum Gasteiger partial charge on any atom is 0.292 e. The number of carbonyl (C=O) groups is 4. The molecule has 0 radical (unpaired) electrons. The molecular formula is C24H30N8O6. The Balaban J connectivity index is 0.000000212. The van der Waals surface area contributed by atoms with E-state index in [1.165, 1.54) is 23.1 Å². The van der Waals surface area contributed by atoms with Gasteiger partial charge in [0.2, 0.25) is 0 Å². The van der Waals surface area contributed by atoms with Gasteiger partial charge in [0.15, 0.2) is 0 Å². The second kappa shape index (κ2) is 10.8. The van der Waals surface area contributed by atoms with Gasteiger partial charge in [0.1, 0.15) is 5.69 Å². The summed E-state index contributed by atoms with van der Waals surface area (Å²) in [5.74, 6) is -1.59. The van der Waals surface area contributed by atoms with Crippen LogP contribution < -0.4 is 17.2 Å². The number of nitrogen functional groups attached to an aromatic ring is 3. The summed E-state index contributed by atoms with van der Waals surface area (Å²) >= 11 is 0. The molecule has 14 nitrogen and oxygen atoms in total. The number of anilines is 3. The van der Waals surface area contributed by atoms with E-state index in [0.717, 1.165) is 11.0 Å². The third-order valence-corrected chi connectivity index (χ3v) is 6.03. The number of benzene rings is 2. The molecule has 2 heterocycles. The van der Waals surface area contributed by atoms with Gasteiger partial charge in [-0.25, -0.2) is 0 Å². The molecule has 0 saturated carbocycles. The monoisotopic (exact) mass is 526 g/mol. The Morgan fingerprint density at radius 3 is 1.29 bits per heavy atom. The number of carbonyl (C=O) groups excluding carboxylic acids is 4. The Bertz CT molecular complexity index is 1300. The van der Waals surface area contributed by atoms with Gasteiger partial charge < -0.3 is 27.0 Å². The molecule has 38 heavy (non-hydrogen) atoms. The summed E-state index contributed by atoms with van der Waals surface area (Å²) in [7, 11) is 7.41. The predicted octanol–water partition coefficient (Wildman–Crippen LogP) is 0.343. The highest BCUT2D eigenvalue weighted by atomic mass is 16.6. The Hall–Kier alpha value is -4.56. The van der Waals surface area contributed by atoms with Gasteiger partial charge in [-0.05, 0) is 46.4 Å². The summed E-state index contributed by atoms with van der Waals surface area (Å²) in [5.41, 5.74) is 17.8. The molecule has 2 aliphatic heterocycles. The molecule has 4 amide bonds. The number of imide groups is 2. The zero-order valence-corrected chi connectivity index (χ0v) is 21.6. The lowest BCUT2D eigenvalue weighted by atomic mass is 10.1. The zero-order valence-electron chi connectivity index (χ0n) is 21.6. The number of hydrogen-bond donors (Lipinski definition) is 3. The lowest BCUT2D eigenvalue weighted by molar-refractivity contribution is -0.383. The summed E-state index contributed by atoms with van der Waals surface area (Å²) in [6, 6.07) is 5.21. The first-order valence-corrected chi connectivity index (χ1v) is 11.5. The first kappa shape index (κ1) is 28.0. The molecule has 202 valence electrons. The van der Waals surface area contributed by atoms with Gasteiger partial charge in [0, 0.05) is 32.2 Å². The van der Waals surface area contributed by atoms with E-state index in [2.05, 4.69) is 0 Å². The number of rotatable bonds is 7. The smallest absolute Gasteiger partial charge is 0.292 e. The van der Waals surface area contributed by atoms with Crippen LogP contribution in [0.1, 0.15) is 41.4 Å². The highest BCUT2D eigenvalue weighted by Crippen LogP contribution is 2.31. The molecule has 0 aromatic heterocycles. The van der Waals surface area contributed by atoms with Crippen LogP contribution in [0.15, 0.2) is 24.3 Å². The van der Waals surface area contributed by atoms with Crippen molar-refractivity contribution in [2.75, 3.05) is 71.6 Å². The van der Waals surface area contributed by atoms with Gasteiger partial charge in [-0.2, -0.15) is 0 Å². The highest BCUT2D eigenvalue weighted by Gasteiger charge is 2.38. The van der Waals surface area contributed by atoms with Crippen LogP contribution in [-0.2, 0) is 0 Å². The lowest BCUT2D eigenvalue weighted by Crippen LogP contribution is -2.35. The summed E-state index contributed by atoms with van der Waals surface area (Å²) in [6.45, 7) is 1.73. The molecule has 14 heteroatoms. The number of nitrogens with zero attached hydrogens (tertiary/aromatic N) is 5. The second-order valence-corrected chi connectivity index (χ2v) is 9.37. The number of likely N-dealkylation sites (N-methyl/N-ethyl adjacent to an activating group) is 2. The number of amides is 4. The first-order chi connectivity index (χ1) is 17.7. The van der Waals surface area contributed by atoms with Crippen LogP contribution in [0.4, 0.5) is 22.7 Å². The van der Waals surface area contributed by atoms with Crippen LogP contribution >= 0.6 is 0 Å². The number of hydrogen-bond acceptors (Lipinski definition) is 11. The van der Waals surface area contributed by atoms with E-state index in [4.69, 9.17) is 17.2 Å². The van der Waals surface area contributed by atoms with Crippen LogP contribution in [0.5, 0.6) is 0 Å². The molecule has 0 saturated heterocycles. The van der Waals surface area contributed by atoms with E-state index in [9.17, 15) is 29.3 Å². The van der Waals surface area contributed by atoms with Crippen LogP contribution in [0, 0.1) is 10.1 Å². The summed E-state index contributed by atoms with van der Waals surface area (Å²) < 4.78 is 0. The van der Waals surface area contributed by atoms with Gasteiger partial charge in [-0.3, -0.25) is 39.1 Å². The van der Waals surface area contributed by atoms with Crippen molar-refractivity contribution in [3.63, 3.8) is 0 Å². The molecule has 2 aromatic carbocycles. The van der Waals surface area contributed by atoms with E-state index < -0.39 is 16.7 Å². The van der Waals surface area contributed by atoms with Crippen molar-refractivity contribution >= 4 is 46.4 Å². The third-order valence-electron chi connectivity index (χ3n) is 6.03. The van der Waals surface area contributed by atoms with Gasteiger partial charge in [-0.15, -0.1) is 0 Å². The fourth-order valence-corrected chi connectivity index (χ4v) is 3.88. The molecule has 6 N–H and O–H groups in total. The van der Waals surface area contributed by atoms with E-state index in [0.29, 0.717) is 42.1 Å². The van der Waals surface area contributed by atoms with Gasteiger partial charge in [0.25, 0.3) is 29.3 Å². The lowest BCUT2D eigenvalue weighted by Gasteiger charge is -2.16. The minimum absolute atomic E-state index is 0.0367. The topological polar surface area (TPSA) is 202 Å². The van der Waals surface area contributed by atoms with E-state index in [1.807, 2.05) is 38.0 Å². The normalized spacial score (nSPS) is 14.3. The summed E-state index contributed by atoms with van der Waals surface area (Å²) in [6.07, 6.45) is 0. The summed E-state index contributed by atoms with van der Waals surface area (Å²) in [5, 5.41) is 10.8. The minimum atomic E-state index is -0.671. The maximum absolute atomic E-state index is 12.1. The Labute approximate surface area is 218 Å². The Kier molecular flexibility index (Phi) is 7.98. The fraction of sp³-hybridized carbons (Fsp3) is 0.333. The van der Waals surface area contributed by atoms with Crippen molar-refractivity contribution in [1.82, 2.24) is 19.6 Å². The Morgan fingerprint density at radius 2 is 0.974 bits per heavy atom. The molecule has 2 aromatic rings. The molecule has 0 bridgehead atoms. The zero-order chi connectivity index (χ0) is 28.5. The van der Waals surface area contributed by atoms with Crippen LogP contribution in [0.3, 0.4) is 0 Å². The second-order valence-electron chi connectivity index (χ2n) is 9.37. The van der Waals surface area contributed by atoms with Crippen molar-refractivity contribution in [3.8, 4) is 0 Å². The van der Waals surface area contributed by atoms with Gasteiger partial charge in [-0.1, -0.05) is 0 Å². The minimum Gasteiger partial charge on any atom is -0.397 e. The van der Waals surface area contributed by atoms with Crippen LogP contribution in [0.25, 0.3) is 0 Å². The van der Waals surface area contributed by atoms with Crippen molar-refractivity contribution in [2.45, 2.75) is 0 Å². The Morgan fingerprint density at radius 1 is 0.658 bits per heavy atom. The van der Waals surface area contributed by atoms with E-state index in [-0.39, 0.29) is 40.9 Å². The number of nitro benzene ring substituents is 1. The quantitative estimate of drug-likeness (QED) is 0.194. The predicted molar refractivity (Wildman–Crippen MR) is 141 cm³/mol. The van der Waals surface area contributed by atoms with Crippen LogP contribution in [-0.4, -0.2) is 103 Å². The molecule has 0 fully saturated rings. The molecule has 0 spiro atoms. The standard InChI is InChI=1S/C12H14N4O4.C12H16N4O2/c1-14(2)3-4-15-11(17)7-5-9(13)10(16(19)20)6-8(7)12(15)18;1-15(2)3-4-16-11(17)7-5-9(13)10(14)6-8(7)12(16)18/h5-6H,3-4,13H2,1-2H3;5-6H,3-4,13-14H2,1-2H3. The fourth-order valence-electron chi connectivity index (χ4n) is 3.88. The van der Waals surface area contributed by atoms with Crippen molar-refractivity contribution in [2.24, 2.45) is 0 Å². The number of nitro groups is 1. The molecule has 2 aliphatic rings. The summed E-state index contributed by atoms with van der Waals surface area (Å²) in [4.78, 5) is 64.6. The third kappa shape index (κ3) is 5.40. The van der Waals surface area contributed by atoms with E-state index >= 15 is 0 Å². The molecule has 0 unspecified atom stereocenters. The van der Waals surface area contributed by atoms with Gasteiger partial charge in [0.05, 0.1) is 38.6 Å². The SMILES string of the molecule is CN(C)CCN1C(=O)c2cc(N)c(N)cc2C1=O.CN(C)CCN1C(=O)c2cc(N)c([N+](=O)[O-])cc2C1=O. The van der Waals surface area contributed by atoms with Crippen LogP contribution in [0.2, 0.25) is 0 Å². The number of nitrogens with two attached hydrogens (primary N) is 3. The van der Waals surface area contributed by atoms with E-state index in [1.54, 1.807) is 0 Å². The highest BCUT2D eigenvalue weighted by molar-refractivity contribution is 6.23. The molecule has 4 rings (SSSR count). The molecular weight excluding hydrogens is 496 g/mol. The molecule has 0 atom stereocenters. The average molecular weight is 527 g/mol. The first-order valence-electron chi connectivity index (χ1n) is 11.5. The number of fused-ring (bicyclic) bond motifs is 2. The largest absolute Gasteiger partial charge is 0.397 e. The molecule has 0 aliphatic carbocycles. The van der Waals surface area contributed by atoms with Gasteiger partial charge >= 0.3 is 0 Å². The van der Waals surface area contributed by atoms with Crippen molar-refractivity contribution in [1.29, 1.82) is 0 Å².